The highest BCUT2D eigenvalue weighted by molar-refractivity contribution is 5.76. The van der Waals surface area contributed by atoms with Crippen molar-refractivity contribution in [1.82, 2.24) is 14.5 Å². The molecule has 3 heterocycles. The number of aromatic nitrogens is 2. The Labute approximate surface area is 168 Å². The molecule has 3 aromatic rings. The number of rotatable bonds is 5. The maximum Gasteiger partial charge on any atom is 0.106 e. The molecule has 2 aliphatic rings. The number of para-hydroxylation sites is 2. The number of aryl methyl sites for hydroxylation is 1. The smallest absolute Gasteiger partial charge is 0.106 e. The molecule has 0 N–H and O–H groups in total. The number of imidazole rings is 1. The van der Waals surface area contributed by atoms with Gasteiger partial charge in [0.1, 0.15) is 5.82 Å². The van der Waals surface area contributed by atoms with Crippen molar-refractivity contribution < 1.29 is 0 Å². The first-order chi connectivity index (χ1) is 13.7. The second-order valence-corrected chi connectivity index (χ2v) is 8.87. The van der Waals surface area contributed by atoms with Gasteiger partial charge in [-0.2, -0.15) is 0 Å². The van der Waals surface area contributed by atoms with E-state index in [9.17, 15) is 0 Å². The molecule has 0 aliphatic carbocycles. The Morgan fingerprint density at radius 1 is 0.929 bits per heavy atom. The summed E-state index contributed by atoms with van der Waals surface area (Å²) in [4.78, 5) is 7.66. The summed E-state index contributed by atoms with van der Waals surface area (Å²) in [5, 5.41) is 0. The van der Waals surface area contributed by atoms with Crippen LogP contribution in [0.4, 0.5) is 0 Å². The van der Waals surface area contributed by atoms with Crippen LogP contribution in [0.5, 0.6) is 0 Å². The zero-order valence-corrected chi connectivity index (χ0v) is 17.1. The molecule has 0 saturated carbocycles. The van der Waals surface area contributed by atoms with Crippen molar-refractivity contribution >= 4 is 11.0 Å². The van der Waals surface area contributed by atoms with Crippen molar-refractivity contribution in [2.45, 2.75) is 70.0 Å². The molecule has 3 nitrogen and oxygen atoms in total. The third kappa shape index (κ3) is 3.16. The molecule has 0 amide bonds. The first-order valence-corrected chi connectivity index (χ1v) is 10.9. The zero-order valence-electron chi connectivity index (χ0n) is 17.1. The topological polar surface area (TPSA) is 21.1 Å². The van der Waals surface area contributed by atoms with Crippen LogP contribution in [0.25, 0.3) is 11.0 Å². The van der Waals surface area contributed by atoms with E-state index < -0.39 is 0 Å². The first kappa shape index (κ1) is 17.9. The molecule has 1 aromatic heterocycles. The molecule has 0 radical (unpaired) electrons. The Bertz CT molecular complexity index is 931. The average molecular weight is 374 g/mol. The molecule has 0 spiro atoms. The van der Waals surface area contributed by atoms with Crippen molar-refractivity contribution in [3.8, 4) is 0 Å². The summed E-state index contributed by atoms with van der Waals surface area (Å²) in [6.07, 6.45) is 6.54. The van der Waals surface area contributed by atoms with Crippen molar-refractivity contribution in [2.24, 2.45) is 0 Å². The fraction of sp³-hybridized carbons (Fsp3) is 0.480. The molecule has 2 aliphatic heterocycles. The van der Waals surface area contributed by atoms with Crippen molar-refractivity contribution in [3.63, 3.8) is 0 Å². The Balaban J connectivity index is 1.29. The lowest BCUT2D eigenvalue weighted by molar-refractivity contribution is 0.104. The Morgan fingerprint density at radius 3 is 2.36 bits per heavy atom. The second-order valence-electron chi connectivity index (χ2n) is 8.87. The minimum absolute atomic E-state index is 0.604. The maximum absolute atomic E-state index is 4.82. The first-order valence-electron chi connectivity index (χ1n) is 10.9. The highest BCUT2D eigenvalue weighted by atomic mass is 15.2. The Kier molecular flexibility index (Phi) is 4.72. The number of piperidine rings is 1. The van der Waals surface area contributed by atoms with E-state index in [1.807, 2.05) is 0 Å². The molecule has 2 saturated heterocycles. The van der Waals surface area contributed by atoms with Crippen LogP contribution in [0.15, 0.2) is 54.6 Å². The summed E-state index contributed by atoms with van der Waals surface area (Å²) in [6.45, 7) is 5.79. The van der Waals surface area contributed by atoms with Gasteiger partial charge in [-0.1, -0.05) is 49.4 Å². The van der Waals surface area contributed by atoms with Crippen LogP contribution in [0, 0.1) is 6.92 Å². The molecule has 28 heavy (non-hydrogen) atoms. The molecule has 3 atom stereocenters. The molecule has 2 fully saturated rings. The number of fused-ring (bicyclic) bond motifs is 3. The van der Waals surface area contributed by atoms with Crippen LogP contribution in [-0.2, 0) is 0 Å². The summed E-state index contributed by atoms with van der Waals surface area (Å²) in [7, 11) is 0. The van der Waals surface area contributed by atoms with Gasteiger partial charge in [-0.15, -0.1) is 0 Å². The highest BCUT2D eigenvalue weighted by Crippen LogP contribution is 2.42. The van der Waals surface area contributed by atoms with Crippen molar-refractivity contribution in [1.29, 1.82) is 0 Å². The average Bonchev–Trinajstić information content (AvgIpc) is 3.18. The Morgan fingerprint density at radius 2 is 1.61 bits per heavy atom. The maximum atomic E-state index is 4.82. The second kappa shape index (κ2) is 7.36. The van der Waals surface area contributed by atoms with Gasteiger partial charge in [0.05, 0.1) is 11.0 Å². The number of hydrogen-bond donors (Lipinski definition) is 0. The summed E-state index contributed by atoms with van der Waals surface area (Å²) in [5.41, 5.74) is 3.94. The fourth-order valence-corrected chi connectivity index (χ4v) is 5.74. The van der Waals surface area contributed by atoms with E-state index in [4.69, 9.17) is 4.98 Å². The van der Waals surface area contributed by atoms with Crippen LogP contribution in [0.1, 0.15) is 62.4 Å². The number of benzene rings is 2. The van der Waals surface area contributed by atoms with Crippen LogP contribution in [0.2, 0.25) is 0 Å². The molecule has 5 rings (SSSR count). The van der Waals surface area contributed by atoms with E-state index in [2.05, 4.69) is 77.9 Å². The van der Waals surface area contributed by atoms with Gasteiger partial charge in [-0.25, -0.2) is 4.98 Å². The van der Waals surface area contributed by atoms with E-state index in [0.717, 1.165) is 17.6 Å². The third-order valence-corrected chi connectivity index (χ3v) is 7.19. The summed E-state index contributed by atoms with van der Waals surface area (Å²) in [5.74, 6) is 1.81. The SMILES string of the molecule is Cc1nc2ccccc2n1C1CC2CCC(C1)N2CCC(C)c1ccccc1. The predicted molar refractivity (Wildman–Crippen MR) is 116 cm³/mol. The zero-order chi connectivity index (χ0) is 19.1. The van der Waals surface area contributed by atoms with Crippen LogP contribution in [0.3, 0.4) is 0 Å². The fourth-order valence-electron chi connectivity index (χ4n) is 5.74. The lowest BCUT2D eigenvalue weighted by Crippen LogP contribution is -2.44. The van der Waals surface area contributed by atoms with E-state index in [-0.39, 0.29) is 0 Å². The van der Waals surface area contributed by atoms with E-state index in [0.29, 0.717) is 12.0 Å². The van der Waals surface area contributed by atoms with Gasteiger partial charge in [0.2, 0.25) is 0 Å². The van der Waals surface area contributed by atoms with Crippen LogP contribution < -0.4 is 0 Å². The largest absolute Gasteiger partial charge is 0.325 e. The Hall–Kier alpha value is -2.13. The van der Waals surface area contributed by atoms with Crippen molar-refractivity contribution in [2.75, 3.05) is 6.54 Å². The third-order valence-electron chi connectivity index (χ3n) is 7.19. The lowest BCUT2D eigenvalue weighted by atomic mass is 9.93. The van der Waals surface area contributed by atoms with Gasteiger partial charge in [-0.3, -0.25) is 4.90 Å². The molecule has 3 heteroatoms. The monoisotopic (exact) mass is 373 g/mol. The minimum atomic E-state index is 0.604. The van der Waals surface area contributed by atoms with E-state index in [1.165, 1.54) is 55.6 Å². The normalized spacial score (nSPS) is 26.0. The molecule has 146 valence electrons. The molecule has 3 unspecified atom stereocenters. The minimum Gasteiger partial charge on any atom is -0.325 e. The van der Waals surface area contributed by atoms with E-state index in [1.54, 1.807) is 0 Å². The van der Waals surface area contributed by atoms with Gasteiger partial charge in [0.25, 0.3) is 0 Å². The molecule has 2 aromatic carbocycles. The standard InChI is InChI=1S/C25H31N3/c1-18(20-8-4-3-5-9-20)14-15-27-21-12-13-22(27)17-23(16-21)28-19(2)26-24-10-6-7-11-25(24)28/h3-11,18,21-23H,12-17H2,1-2H3. The number of hydrogen-bond acceptors (Lipinski definition) is 2. The van der Waals surface area contributed by atoms with Gasteiger partial charge >= 0.3 is 0 Å². The van der Waals surface area contributed by atoms with Crippen LogP contribution in [-0.4, -0.2) is 33.1 Å². The highest BCUT2D eigenvalue weighted by Gasteiger charge is 2.41. The summed E-state index contributed by atoms with van der Waals surface area (Å²) >= 11 is 0. The molecular formula is C25H31N3. The van der Waals surface area contributed by atoms with Gasteiger partial charge in [-0.05, 0) is 69.2 Å². The van der Waals surface area contributed by atoms with Gasteiger partial charge in [0, 0.05) is 18.1 Å². The van der Waals surface area contributed by atoms with Crippen LogP contribution >= 0.6 is 0 Å². The predicted octanol–water partition coefficient (Wildman–Crippen LogP) is 5.71. The quantitative estimate of drug-likeness (QED) is 0.571. The van der Waals surface area contributed by atoms with Gasteiger partial charge < -0.3 is 4.57 Å². The lowest BCUT2D eigenvalue weighted by Gasteiger charge is -2.40. The number of nitrogens with zero attached hydrogens (tertiary/aromatic N) is 3. The summed E-state index contributed by atoms with van der Waals surface area (Å²) in [6, 6.07) is 21.7. The van der Waals surface area contributed by atoms with Crippen molar-refractivity contribution in [3.05, 3.63) is 66.0 Å². The molecular weight excluding hydrogens is 342 g/mol. The van der Waals surface area contributed by atoms with E-state index >= 15 is 0 Å². The summed E-state index contributed by atoms with van der Waals surface area (Å²) < 4.78 is 2.53. The van der Waals surface area contributed by atoms with Gasteiger partial charge in [0.15, 0.2) is 0 Å². The molecule has 2 bridgehead atoms.